The number of carbonyl (C=O) groups is 2. The lowest BCUT2D eigenvalue weighted by Crippen LogP contribution is -2.05. The van der Waals surface area contributed by atoms with Gasteiger partial charge in [0.2, 0.25) is 5.91 Å². The highest BCUT2D eigenvalue weighted by Crippen LogP contribution is 2.21. The van der Waals surface area contributed by atoms with Gasteiger partial charge in [-0.1, -0.05) is 48.5 Å². The van der Waals surface area contributed by atoms with Gasteiger partial charge in [-0.25, -0.2) is 0 Å². The number of hydrogen-bond donors (Lipinski definition) is 2. The summed E-state index contributed by atoms with van der Waals surface area (Å²) < 4.78 is 0. The van der Waals surface area contributed by atoms with E-state index < -0.39 is 11.9 Å². The van der Waals surface area contributed by atoms with Crippen molar-refractivity contribution in [3.8, 4) is 11.1 Å². The Balaban J connectivity index is 2.22. The molecule has 0 aliphatic rings. The number of carboxylic acid groups (broad SMARTS) is 1. The summed E-state index contributed by atoms with van der Waals surface area (Å²) in [5.74, 6) is -1.33. The smallest absolute Gasteiger partial charge is 0.307 e. The SMILES string of the molecule is NC(=O)/C=C\c1ccc(-c2cccc(CC(=O)O)c2)cc1. The fourth-order valence-corrected chi connectivity index (χ4v) is 2.00. The number of amides is 1. The Kier molecular flexibility index (Phi) is 4.51. The second-order valence-corrected chi connectivity index (χ2v) is 4.63. The molecule has 0 aromatic heterocycles. The summed E-state index contributed by atoms with van der Waals surface area (Å²) in [5.41, 5.74) is 8.62. The molecule has 0 bridgehead atoms. The van der Waals surface area contributed by atoms with Crippen molar-refractivity contribution in [2.45, 2.75) is 6.42 Å². The lowest BCUT2D eigenvalue weighted by atomic mass is 10.0. The van der Waals surface area contributed by atoms with Crippen molar-refractivity contribution in [3.63, 3.8) is 0 Å². The Morgan fingerprint density at radius 1 is 1.05 bits per heavy atom. The molecule has 4 nitrogen and oxygen atoms in total. The fraction of sp³-hybridized carbons (Fsp3) is 0.0588. The molecule has 0 unspecified atom stereocenters. The van der Waals surface area contributed by atoms with E-state index in [-0.39, 0.29) is 6.42 Å². The molecular weight excluding hydrogens is 266 g/mol. The van der Waals surface area contributed by atoms with Gasteiger partial charge in [-0.2, -0.15) is 0 Å². The fourth-order valence-electron chi connectivity index (χ4n) is 2.00. The van der Waals surface area contributed by atoms with Gasteiger partial charge in [0, 0.05) is 6.08 Å². The Morgan fingerprint density at radius 2 is 1.76 bits per heavy atom. The molecule has 0 radical (unpaired) electrons. The predicted molar refractivity (Wildman–Crippen MR) is 81.4 cm³/mol. The first-order chi connectivity index (χ1) is 10.0. The molecule has 0 heterocycles. The van der Waals surface area contributed by atoms with Crippen LogP contribution in [0.1, 0.15) is 11.1 Å². The van der Waals surface area contributed by atoms with Crippen LogP contribution in [0.4, 0.5) is 0 Å². The summed E-state index contributed by atoms with van der Waals surface area (Å²) >= 11 is 0. The highest BCUT2D eigenvalue weighted by atomic mass is 16.4. The molecule has 106 valence electrons. The van der Waals surface area contributed by atoms with Gasteiger partial charge in [-0.3, -0.25) is 9.59 Å². The summed E-state index contributed by atoms with van der Waals surface area (Å²) in [7, 11) is 0. The van der Waals surface area contributed by atoms with Crippen LogP contribution in [0.25, 0.3) is 17.2 Å². The van der Waals surface area contributed by atoms with E-state index in [0.717, 1.165) is 22.3 Å². The minimum absolute atomic E-state index is 0.00722. The maximum atomic E-state index is 10.7. The molecule has 0 saturated heterocycles. The van der Waals surface area contributed by atoms with Crippen LogP contribution in [0.2, 0.25) is 0 Å². The van der Waals surface area contributed by atoms with Crippen LogP contribution in [-0.2, 0) is 16.0 Å². The van der Waals surface area contributed by atoms with Gasteiger partial charge in [0.1, 0.15) is 0 Å². The lowest BCUT2D eigenvalue weighted by Gasteiger charge is -2.05. The average molecular weight is 281 g/mol. The number of primary amides is 1. The van der Waals surface area contributed by atoms with E-state index in [2.05, 4.69) is 0 Å². The zero-order valence-corrected chi connectivity index (χ0v) is 11.3. The topological polar surface area (TPSA) is 80.4 Å². The maximum Gasteiger partial charge on any atom is 0.307 e. The van der Waals surface area contributed by atoms with Crippen LogP contribution in [0, 0.1) is 0 Å². The van der Waals surface area contributed by atoms with Crippen molar-refractivity contribution in [3.05, 3.63) is 65.7 Å². The highest BCUT2D eigenvalue weighted by Gasteiger charge is 2.03. The van der Waals surface area contributed by atoms with Crippen molar-refractivity contribution >= 4 is 18.0 Å². The predicted octanol–water partition coefficient (Wildman–Crippen LogP) is 2.48. The maximum absolute atomic E-state index is 10.7. The molecule has 0 saturated carbocycles. The number of aliphatic carboxylic acids is 1. The molecule has 3 N–H and O–H groups in total. The molecule has 2 rings (SSSR count). The van der Waals surface area contributed by atoms with Gasteiger partial charge in [0.25, 0.3) is 0 Å². The third kappa shape index (κ3) is 4.31. The number of rotatable bonds is 5. The molecular formula is C17H15NO3. The summed E-state index contributed by atoms with van der Waals surface area (Å²) in [4.78, 5) is 21.4. The van der Waals surface area contributed by atoms with E-state index in [1.165, 1.54) is 6.08 Å². The van der Waals surface area contributed by atoms with Gasteiger partial charge in [-0.15, -0.1) is 0 Å². The summed E-state index contributed by atoms with van der Waals surface area (Å²) in [6.07, 6.45) is 2.96. The van der Waals surface area contributed by atoms with Crippen LogP contribution >= 0.6 is 0 Å². The lowest BCUT2D eigenvalue weighted by molar-refractivity contribution is -0.136. The quantitative estimate of drug-likeness (QED) is 0.826. The first-order valence-corrected chi connectivity index (χ1v) is 6.43. The highest BCUT2D eigenvalue weighted by molar-refractivity contribution is 5.90. The minimum Gasteiger partial charge on any atom is -0.481 e. The van der Waals surface area contributed by atoms with Crippen molar-refractivity contribution in [2.24, 2.45) is 5.73 Å². The Hall–Kier alpha value is -2.88. The standard InChI is InChI=1S/C17H15NO3/c18-16(19)9-6-12-4-7-14(8-5-12)15-3-1-2-13(10-15)11-17(20)21/h1-10H,11H2,(H2,18,19)(H,20,21)/b9-6-. The number of carboxylic acids is 1. The number of benzene rings is 2. The third-order valence-corrected chi connectivity index (χ3v) is 2.97. The Morgan fingerprint density at radius 3 is 2.38 bits per heavy atom. The van der Waals surface area contributed by atoms with Gasteiger partial charge in [-0.05, 0) is 28.3 Å². The van der Waals surface area contributed by atoms with Crippen molar-refractivity contribution in [2.75, 3.05) is 0 Å². The zero-order valence-electron chi connectivity index (χ0n) is 11.3. The second-order valence-electron chi connectivity index (χ2n) is 4.63. The van der Waals surface area contributed by atoms with Crippen LogP contribution in [0.15, 0.2) is 54.6 Å². The molecule has 2 aromatic carbocycles. The first kappa shape index (κ1) is 14.5. The van der Waals surface area contributed by atoms with Crippen LogP contribution in [0.3, 0.4) is 0 Å². The average Bonchev–Trinajstić information content (AvgIpc) is 2.45. The van der Waals surface area contributed by atoms with E-state index in [9.17, 15) is 9.59 Å². The van der Waals surface area contributed by atoms with E-state index in [1.807, 2.05) is 42.5 Å². The monoisotopic (exact) mass is 281 g/mol. The molecule has 0 spiro atoms. The van der Waals surface area contributed by atoms with Crippen LogP contribution in [0.5, 0.6) is 0 Å². The van der Waals surface area contributed by atoms with Crippen LogP contribution in [-0.4, -0.2) is 17.0 Å². The normalized spacial score (nSPS) is 10.7. The van der Waals surface area contributed by atoms with Gasteiger partial charge in [0.15, 0.2) is 0 Å². The second kappa shape index (κ2) is 6.52. The van der Waals surface area contributed by atoms with E-state index in [4.69, 9.17) is 10.8 Å². The molecule has 21 heavy (non-hydrogen) atoms. The van der Waals surface area contributed by atoms with E-state index in [0.29, 0.717) is 0 Å². The Bertz CT molecular complexity index is 687. The van der Waals surface area contributed by atoms with Crippen molar-refractivity contribution in [1.82, 2.24) is 0 Å². The Labute approximate surface area is 122 Å². The minimum atomic E-state index is -0.848. The largest absolute Gasteiger partial charge is 0.481 e. The molecule has 0 aliphatic carbocycles. The van der Waals surface area contributed by atoms with Crippen molar-refractivity contribution in [1.29, 1.82) is 0 Å². The summed E-state index contributed by atoms with van der Waals surface area (Å²) in [6.45, 7) is 0. The summed E-state index contributed by atoms with van der Waals surface area (Å²) in [5, 5.41) is 8.82. The van der Waals surface area contributed by atoms with Gasteiger partial charge >= 0.3 is 5.97 Å². The van der Waals surface area contributed by atoms with Crippen LogP contribution < -0.4 is 5.73 Å². The molecule has 4 heteroatoms. The van der Waals surface area contributed by atoms with Gasteiger partial charge < -0.3 is 10.8 Å². The molecule has 0 atom stereocenters. The van der Waals surface area contributed by atoms with E-state index in [1.54, 1.807) is 12.1 Å². The number of hydrogen-bond acceptors (Lipinski definition) is 2. The number of carbonyl (C=O) groups excluding carboxylic acids is 1. The zero-order chi connectivity index (χ0) is 15.2. The third-order valence-electron chi connectivity index (χ3n) is 2.97. The molecule has 2 aromatic rings. The molecule has 1 amide bonds. The summed E-state index contributed by atoms with van der Waals surface area (Å²) in [6, 6.07) is 15.0. The number of nitrogens with two attached hydrogens (primary N) is 1. The first-order valence-electron chi connectivity index (χ1n) is 6.43. The molecule has 0 aliphatic heterocycles. The van der Waals surface area contributed by atoms with Crippen molar-refractivity contribution < 1.29 is 14.7 Å². The molecule has 0 fully saturated rings. The van der Waals surface area contributed by atoms with E-state index >= 15 is 0 Å². The van der Waals surface area contributed by atoms with Gasteiger partial charge in [0.05, 0.1) is 6.42 Å².